The van der Waals surface area contributed by atoms with Gasteiger partial charge in [-0.2, -0.15) is 5.48 Å². The molecule has 0 atom stereocenters. The molecular formula is C41H80N2O19. The standard InChI is InChI=1S/C41H80N2O19/c1-3-48-19-20-52-27-28-53-23-21-49-13-6-14-62-43-41(37-59-11-4-9-44,38-60-12-5-10-45)39-61-15-7-40(46)42-8-16-50-22-24-54-29-30-56-33-34-58-36-35-57-32-31-55-26-25-51-18-17-47-2/h9-10,43H,3-8,11-39H2,1-2H3,(H,42,46). The first-order valence-electron chi connectivity index (χ1n) is 21.7. The number of nitrogens with one attached hydrogen (secondary N) is 2. The van der Waals surface area contributed by atoms with Crippen LogP contribution in [0.25, 0.3) is 0 Å². The van der Waals surface area contributed by atoms with Crippen LogP contribution in [0.15, 0.2) is 0 Å². The van der Waals surface area contributed by atoms with Gasteiger partial charge in [-0.1, -0.05) is 0 Å². The Morgan fingerprint density at radius 2 is 0.806 bits per heavy atom. The largest absolute Gasteiger partial charge is 0.382 e. The molecule has 0 bridgehead atoms. The van der Waals surface area contributed by atoms with Crippen molar-refractivity contribution in [2.45, 2.75) is 38.1 Å². The Morgan fingerprint density at radius 1 is 0.435 bits per heavy atom. The number of hydrogen-bond donors (Lipinski definition) is 2. The van der Waals surface area contributed by atoms with Crippen LogP contribution in [0.3, 0.4) is 0 Å². The average molecular weight is 905 g/mol. The van der Waals surface area contributed by atoms with Crippen LogP contribution >= 0.6 is 0 Å². The molecule has 2 N–H and O–H groups in total. The molecule has 0 radical (unpaired) electrons. The molecule has 0 saturated heterocycles. The van der Waals surface area contributed by atoms with E-state index in [1.165, 1.54) is 0 Å². The summed E-state index contributed by atoms with van der Waals surface area (Å²) in [6, 6.07) is 0. The zero-order chi connectivity index (χ0) is 45.0. The van der Waals surface area contributed by atoms with Crippen LogP contribution in [0.5, 0.6) is 0 Å². The molecule has 0 aromatic carbocycles. The van der Waals surface area contributed by atoms with Crippen LogP contribution in [0, 0.1) is 0 Å². The summed E-state index contributed by atoms with van der Waals surface area (Å²) in [5.74, 6) is -0.199. The fourth-order valence-electron chi connectivity index (χ4n) is 4.60. The van der Waals surface area contributed by atoms with Gasteiger partial charge in [-0.25, -0.2) is 0 Å². The molecule has 1 amide bonds. The zero-order valence-corrected chi connectivity index (χ0v) is 37.7. The van der Waals surface area contributed by atoms with Crippen molar-refractivity contribution in [1.82, 2.24) is 10.8 Å². The van der Waals surface area contributed by atoms with E-state index in [1.807, 2.05) is 6.92 Å². The van der Waals surface area contributed by atoms with Gasteiger partial charge in [0.2, 0.25) is 5.91 Å². The van der Waals surface area contributed by atoms with E-state index in [-0.39, 0.29) is 64.8 Å². The molecule has 0 fully saturated rings. The molecule has 0 rings (SSSR count). The van der Waals surface area contributed by atoms with Gasteiger partial charge in [-0.15, -0.1) is 0 Å². The van der Waals surface area contributed by atoms with Crippen molar-refractivity contribution in [2.75, 3.05) is 212 Å². The smallest absolute Gasteiger partial charge is 0.222 e. The molecule has 368 valence electrons. The molecule has 21 nitrogen and oxygen atoms in total. The molecule has 62 heavy (non-hydrogen) atoms. The van der Waals surface area contributed by atoms with E-state index in [1.54, 1.807) is 7.11 Å². The van der Waals surface area contributed by atoms with Gasteiger partial charge in [0.1, 0.15) is 18.1 Å². The Labute approximate surface area is 369 Å². The highest BCUT2D eigenvalue weighted by atomic mass is 16.7. The van der Waals surface area contributed by atoms with Crippen molar-refractivity contribution in [3.8, 4) is 0 Å². The quantitative estimate of drug-likeness (QED) is 0.0473. The van der Waals surface area contributed by atoms with Gasteiger partial charge in [0.15, 0.2) is 0 Å². The van der Waals surface area contributed by atoms with Gasteiger partial charge in [0, 0.05) is 46.1 Å². The highest BCUT2D eigenvalue weighted by molar-refractivity contribution is 5.75. The number of carbonyl (C=O) groups is 3. The Kier molecular flexibility index (Phi) is 50.2. The maximum Gasteiger partial charge on any atom is 0.222 e. The normalized spacial score (nSPS) is 11.7. The van der Waals surface area contributed by atoms with E-state index < -0.39 is 5.54 Å². The number of carbonyl (C=O) groups excluding carboxylic acids is 3. The van der Waals surface area contributed by atoms with Crippen molar-refractivity contribution in [3.63, 3.8) is 0 Å². The monoisotopic (exact) mass is 905 g/mol. The Bertz CT molecular complexity index is 914. The first-order chi connectivity index (χ1) is 30.6. The van der Waals surface area contributed by atoms with E-state index in [2.05, 4.69) is 10.8 Å². The fourth-order valence-corrected chi connectivity index (χ4v) is 4.60. The molecule has 0 aromatic heterocycles. The number of rotatable bonds is 55. The third kappa shape index (κ3) is 46.1. The van der Waals surface area contributed by atoms with Crippen molar-refractivity contribution >= 4 is 18.5 Å². The number of methoxy groups -OCH3 is 1. The van der Waals surface area contributed by atoms with E-state index in [4.69, 9.17) is 75.9 Å². The number of hydroxylamine groups is 1. The third-order valence-electron chi connectivity index (χ3n) is 7.74. The lowest BCUT2D eigenvalue weighted by molar-refractivity contribution is -0.127. The second kappa shape index (κ2) is 51.8. The van der Waals surface area contributed by atoms with Crippen LogP contribution in [-0.2, 0) is 90.3 Å². The van der Waals surface area contributed by atoms with Crippen LogP contribution in [0.1, 0.15) is 32.6 Å². The molecular weight excluding hydrogens is 824 g/mol. The molecule has 0 spiro atoms. The summed E-state index contributed by atoms with van der Waals surface area (Å²) in [7, 11) is 1.63. The summed E-state index contributed by atoms with van der Waals surface area (Å²) in [6.45, 7) is 14.5. The molecule has 0 aliphatic rings. The van der Waals surface area contributed by atoms with Crippen molar-refractivity contribution in [1.29, 1.82) is 0 Å². The van der Waals surface area contributed by atoms with E-state index >= 15 is 0 Å². The minimum Gasteiger partial charge on any atom is -0.382 e. The SMILES string of the molecule is CCOCCOCCOCCOCCCONC(COCCC=O)(COCCC=O)COCCC(=O)NCCOCCOCCOCCOCCOCCOCCOCCOC. The summed E-state index contributed by atoms with van der Waals surface area (Å²) in [6.07, 6.45) is 2.68. The fraction of sp³-hybridized carbons (Fsp3) is 0.927. The molecule has 0 saturated carbocycles. The maximum absolute atomic E-state index is 12.4. The summed E-state index contributed by atoms with van der Waals surface area (Å²) in [5.41, 5.74) is 2.03. The second-order valence-electron chi connectivity index (χ2n) is 13.1. The maximum atomic E-state index is 12.4. The number of aldehydes is 2. The topological polar surface area (TPSA) is 223 Å². The Hall–Kier alpha value is -1.87. The van der Waals surface area contributed by atoms with Crippen LogP contribution in [0.4, 0.5) is 0 Å². The minimum absolute atomic E-state index is 0.0635. The van der Waals surface area contributed by atoms with E-state index in [9.17, 15) is 14.4 Å². The van der Waals surface area contributed by atoms with Gasteiger partial charge < -0.3 is 90.8 Å². The highest BCUT2D eigenvalue weighted by Crippen LogP contribution is 2.11. The zero-order valence-electron chi connectivity index (χ0n) is 37.7. The van der Waals surface area contributed by atoms with Gasteiger partial charge in [0.05, 0.1) is 185 Å². The second-order valence-corrected chi connectivity index (χ2v) is 13.1. The van der Waals surface area contributed by atoms with Crippen LogP contribution in [-0.4, -0.2) is 236 Å². The van der Waals surface area contributed by atoms with Crippen molar-refractivity contribution in [2.24, 2.45) is 0 Å². The first-order valence-corrected chi connectivity index (χ1v) is 21.7. The Morgan fingerprint density at radius 3 is 1.21 bits per heavy atom. The van der Waals surface area contributed by atoms with Crippen molar-refractivity contribution < 1.29 is 90.3 Å². The number of ether oxygens (including phenoxy) is 15. The van der Waals surface area contributed by atoms with Crippen LogP contribution < -0.4 is 10.8 Å². The predicted octanol–water partition coefficient (Wildman–Crippen LogP) is 0.220. The Balaban J connectivity index is 4.06. The van der Waals surface area contributed by atoms with Crippen molar-refractivity contribution in [3.05, 3.63) is 0 Å². The summed E-state index contributed by atoms with van der Waals surface area (Å²) in [5, 5.41) is 2.80. The van der Waals surface area contributed by atoms with Gasteiger partial charge in [-0.05, 0) is 13.3 Å². The predicted molar refractivity (Wildman–Crippen MR) is 224 cm³/mol. The average Bonchev–Trinajstić information content (AvgIpc) is 3.28. The first kappa shape index (κ1) is 60.1. The lowest BCUT2D eigenvalue weighted by Crippen LogP contribution is -2.56. The van der Waals surface area contributed by atoms with Gasteiger partial charge in [-0.3, -0.25) is 4.79 Å². The molecule has 0 aliphatic carbocycles. The summed E-state index contributed by atoms with van der Waals surface area (Å²) in [4.78, 5) is 39.9. The summed E-state index contributed by atoms with van der Waals surface area (Å²) >= 11 is 0. The summed E-state index contributed by atoms with van der Waals surface area (Å²) < 4.78 is 82.1. The molecule has 0 aliphatic heterocycles. The third-order valence-corrected chi connectivity index (χ3v) is 7.74. The van der Waals surface area contributed by atoms with E-state index in [0.717, 1.165) is 12.6 Å². The number of amides is 1. The van der Waals surface area contributed by atoms with Gasteiger partial charge >= 0.3 is 0 Å². The molecule has 0 aromatic rings. The van der Waals surface area contributed by atoms with E-state index in [0.29, 0.717) is 172 Å². The molecule has 0 unspecified atom stereocenters. The minimum atomic E-state index is -0.980. The molecule has 21 heteroatoms. The lowest BCUT2D eigenvalue weighted by Gasteiger charge is -2.33. The van der Waals surface area contributed by atoms with Gasteiger partial charge in [0.25, 0.3) is 0 Å². The molecule has 0 heterocycles. The highest BCUT2D eigenvalue weighted by Gasteiger charge is 2.32. The van der Waals surface area contributed by atoms with Crippen LogP contribution in [0.2, 0.25) is 0 Å². The lowest BCUT2D eigenvalue weighted by atomic mass is 10.0. The number of hydrogen-bond acceptors (Lipinski definition) is 20.